The van der Waals surface area contributed by atoms with E-state index in [0.29, 0.717) is 12.4 Å². The van der Waals surface area contributed by atoms with E-state index in [9.17, 15) is 4.79 Å². The third kappa shape index (κ3) is 2.28. The molecule has 5 nitrogen and oxygen atoms in total. The number of rotatable bonds is 3. The zero-order valence-electron chi connectivity index (χ0n) is 9.90. The topological polar surface area (TPSA) is 70.7 Å². The minimum absolute atomic E-state index is 0.0224. The molecule has 2 aromatic heterocycles. The van der Waals surface area contributed by atoms with Crippen LogP contribution in [0.3, 0.4) is 0 Å². The van der Waals surface area contributed by atoms with Crippen molar-refractivity contribution >= 4 is 17.2 Å². The van der Waals surface area contributed by atoms with Crippen molar-refractivity contribution < 1.29 is 4.79 Å². The Morgan fingerprint density at radius 3 is 3.11 bits per heavy atom. The number of H-pyrrole nitrogens is 1. The maximum Gasteiger partial charge on any atom is 0.261 e. The normalized spacial score (nSPS) is 14.2. The average Bonchev–Trinajstić information content (AvgIpc) is 3.04. The Kier molecular flexibility index (Phi) is 3.10. The molecule has 1 amide bonds. The lowest BCUT2D eigenvalue weighted by atomic mass is 9.99. The fourth-order valence-electron chi connectivity index (χ4n) is 2.17. The molecule has 0 aliphatic heterocycles. The van der Waals surface area contributed by atoms with Gasteiger partial charge in [0.1, 0.15) is 12.2 Å². The van der Waals surface area contributed by atoms with Crippen LogP contribution in [0.5, 0.6) is 0 Å². The number of nitrogens with one attached hydrogen (secondary N) is 2. The van der Waals surface area contributed by atoms with E-state index in [2.05, 4.69) is 20.5 Å². The predicted molar refractivity (Wildman–Crippen MR) is 68.5 cm³/mol. The number of carbonyl (C=O) groups excluding carboxylic acids is 1. The molecule has 6 heteroatoms. The number of thiophene rings is 1. The van der Waals surface area contributed by atoms with Gasteiger partial charge in [-0.1, -0.05) is 0 Å². The molecule has 1 aliphatic rings. The van der Waals surface area contributed by atoms with Crippen molar-refractivity contribution in [3.05, 3.63) is 33.5 Å². The number of hydrogen-bond donors (Lipinski definition) is 2. The summed E-state index contributed by atoms with van der Waals surface area (Å²) in [7, 11) is 0. The summed E-state index contributed by atoms with van der Waals surface area (Å²) in [5.74, 6) is 0.649. The molecule has 3 rings (SSSR count). The zero-order chi connectivity index (χ0) is 12.4. The fourth-order valence-corrected chi connectivity index (χ4v) is 3.34. The van der Waals surface area contributed by atoms with E-state index >= 15 is 0 Å². The first-order valence-electron chi connectivity index (χ1n) is 6.07. The van der Waals surface area contributed by atoms with Gasteiger partial charge in [0.25, 0.3) is 5.91 Å². The molecule has 0 atom stereocenters. The molecule has 18 heavy (non-hydrogen) atoms. The summed E-state index contributed by atoms with van der Waals surface area (Å²) in [5, 5.41) is 9.31. The van der Waals surface area contributed by atoms with E-state index in [0.717, 1.165) is 17.7 Å². The standard InChI is InChI=1S/C12H14N4OS/c17-12(13-6-11-14-7-15-16-11)10-5-8-3-1-2-4-9(8)18-10/h5,7H,1-4,6H2,(H,13,17)(H,14,15,16). The van der Waals surface area contributed by atoms with Crippen molar-refractivity contribution in [2.24, 2.45) is 0 Å². The van der Waals surface area contributed by atoms with Gasteiger partial charge in [0, 0.05) is 4.88 Å². The largest absolute Gasteiger partial charge is 0.344 e. The molecular weight excluding hydrogens is 248 g/mol. The highest BCUT2D eigenvalue weighted by Crippen LogP contribution is 2.29. The summed E-state index contributed by atoms with van der Waals surface area (Å²) in [6.45, 7) is 0.390. The van der Waals surface area contributed by atoms with Crippen LogP contribution in [0.15, 0.2) is 12.4 Å². The first-order chi connectivity index (χ1) is 8.83. The molecule has 0 aromatic carbocycles. The number of aromatic amines is 1. The van der Waals surface area contributed by atoms with E-state index in [1.807, 2.05) is 6.07 Å². The Hall–Kier alpha value is -1.69. The summed E-state index contributed by atoms with van der Waals surface area (Å²) in [6.07, 6.45) is 6.15. The lowest BCUT2D eigenvalue weighted by molar-refractivity contribution is 0.0954. The van der Waals surface area contributed by atoms with E-state index in [4.69, 9.17) is 0 Å². The Bertz CT molecular complexity index is 523. The Morgan fingerprint density at radius 2 is 2.33 bits per heavy atom. The number of aromatic nitrogens is 3. The molecule has 0 bridgehead atoms. The van der Waals surface area contributed by atoms with Gasteiger partial charge >= 0.3 is 0 Å². The van der Waals surface area contributed by atoms with Gasteiger partial charge in [-0.25, -0.2) is 4.98 Å². The van der Waals surface area contributed by atoms with Gasteiger partial charge in [-0.3, -0.25) is 9.89 Å². The van der Waals surface area contributed by atoms with Crippen LogP contribution < -0.4 is 5.32 Å². The van der Waals surface area contributed by atoms with Crippen LogP contribution >= 0.6 is 11.3 Å². The van der Waals surface area contributed by atoms with Crippen molar-refractivity contribution in [1.82, 2.24) is 20.5 Å². The average molecular weight is 262 g/mol. The van der Waals surface area contributed by atoms with Gasteiger partial charge in [0.15, 0.2) is 0 Å². The van der Waals surface area contributed by atoms with Gasteiger partial charge < -0.3 is 5.32 Å². The van der Waals surface area contributed by atoms with Gasteiger partial charge in [0.05, 0.1) is 11.4 Å². The Morgan fingerprint density at radius 1 is 1.44 bits per heavy atom. The third-order valence-corrected chi connectivity index (χ3v) is 4.34. The molecule has 0 unspecified atom stereocenters. The second-order valence-corrected chi connectivity index (χ2v) is 5.52. The van der Waals surface area contributed by atoms with Crippen LogP contribution in [-0.2, 0) is 19.4 Å². The maximum atomic E-state index is 12.0. The van der Waals surface area contributed by atoms with Gasteiger partial charge in [-0.05, 0) is 37.3 Å². The summed E-state index contributed by atoms with van der Waals surface area (Å²) < 4.78 is 0. The fraction of sp³-hybridized carbons (Fsp3) is 0.417. The molecule has 2 aromatic rings. The van der Waals surface area contributed by atoms with Crippen LogP contribution in [0.4, 0.5) is 0 Å². The van der Waals surface area contributed by atoms with Crippen molar-refractivity contribution in [3.8, 4) is 0 Å². The molecule has 0 saturated carbocycles. The minimum Gasteiger partial charge on any atom is -0.344 e. The quantitative estimate of drug-likeness (QED) is 0.884. The number of aryl methyl sites for hydroxylation is 2. The molecule has 0 radical (unpaired) electrons. The smallest absolute Gasteiger partial charge is 0.261 e. The van der Waals surface area contributed by atoms with Crippen LogP contribution in [0, 0.1) is 0 Å². The van der Waals surface area contributed by atoms with E-state index in [-0.39, 0.29) is 5.91 Å². The Balaban J connectivity index is 1.67. The van der Waals surface area contributed by atoms with Crippen LogP contribution in [-0.4, -0.2) is 21.1 Å². The molecule has 0 spiro atoms. The highest BCUT2D eigenvalue weighted by molar-refractivity contribution is 7.14. The molecule has 2 N–H and O–H groups in total. The van der Waals surface area contributed by atoms with Gasteiger partial charge in [-0.2, -0.15) is 5.10 Å². The SMILES string of the molecule is O=C(NCc1ncn[nH]1)c1cc2c(s1)CCCC2. The number of amides is 1. The van der Waals surface area contributed by atoms with E-state index in [1.54, 1.807) is 11.3 Å². The summed E-state index contributed by atoms with van der Waals surface area (Å²) in [4.78, 5) is 18.2. The molecule has 94 valence electrons. The number of hydrogen-bond acceptors (Lipinski definition) is 4. The van der Waals surface area contributed by atoms with E-state index < -0.39 is 0 Å². The molecule has 0 saturated heterocycles. The van der Waals surface area contributed by atoms with Crippen LogP contribution in [0.2, 0.25) is 0 Å². The van der Waals surface area contributed by atoms with Crippen molar-refractivity contribution in [3.63, 3.8) is 0 Å². The summed E-state index contributed by atoms with van der Waals surface area (Å²) in [6, 6.07) is 2.04. The lowest BCUT2D eigenvalue weighted by Gasteiger charge is -2.08. The minimum atomic E-state index is -0.0224. The van der Waals surface area contributed by atoms with E-state index in [1.165, 1.54) is 29.6 Å². The Labute approximate surface area is 109 Å². The third-order valence-electron chi connectivity index (χ3n) is 3.10. The number of nitrogens with zero attached hydrogens (tertiary/aromatic N) is 2. The van der Waals surface area contributed by atoms with Crippen LogP contribution in [0.25, 0.3) is 0 Å². The summed E-state index contributed by atoms with van der Waals surface area (Å²) in [5.41, 5.74) is 1.36. The van der Waals surface area contributed by atoms with Crippen molar-refractivity contribution in [2.75, 3.05) is 0 Å². The van der Waals surface area contributed by atoms with Gasteiger partial charge in [-0.15, -0.1) is 11.3 Å². The van der Waals surface area contributed by atoms with Gasteiger partial charge in [0.2, 0.25) is 0 Å². The highest BCUT2D eigenvalue weighted by atomic mass is 32.1. The van der Waals surface area contributed by atoms with Crippen molar-refractivity contribution in [1.29, 1.82) is 0 Å². The lowest BCUT2D eigenvalue weighted by Crippen LogP contribution is -2.22. The van der Waals surface area contributed by atoms with Crippen LogP contribution in [0.1, 0.15) is 38.8 Å². The molecule has 0 fully saturated rings. The van der Waals surface area contributed by atoms with Crippen molar-refractivity contribution in [2.45, 2.75) is 32.2 Å². The monoisotopic (exact) mass is 262 g/mol. The molecular formula is C12H14N4OS. The number of fused-ring (bicyclic) bond motifs is 1. The summed E-state index contributed by atoms with van der Waals surface area (Å²) >= 11 is 1.62. The first kappa shape index (κ1) is 11.4. The second-order valence-electron chi connectivity index (χ2n) is 4.38. The highest BCUT2D eigenvalue weighted by Gasteiger charge is 2.17. The molecule has 2 heterocycles. The first-order valence-corrected chi connectivity index (χ1v) is 6.88. The number of carbonyl (C=O) groups is 1. The zero-order valence-corrected chi connectivity index (χ0v) is 10.7. The second kappa shape index (κ2) is 4.89. The maximum absolute atomic E-state index is 12.0. The predicted octanol–water partition coefficient (Wildman–Crippen LogP) is 1.68. The molecule has 1 aliphatic carbocycles.